The number of benzene rings is 1. The standard InChI is InChI=1S/C12H18ClNO2/c1-2-4-9(15)7-14-8-10-11(13)5-3-6-12(10)16/h3,5-6,9,14-16H,2,4,7-8H2,1H3. The van der Waals surface area contributed by atoms with Crippen molar-refractivity contribution in [3.8, 4) is 5.75 Å². The molecule has 3 N–H and O–H groups in total. The van der Waals surface area contributed by atoms with E-state index in [1.807, 2.05) is 6.92 Å². The van der Waals surface area contributed by atoms with Crippen LogP contribution in [-0.4, -0.2) is 22.9 Å². The zero-order valence-corrected chi connectivity index (χ0v) is 10.2. The summed E-state index contributed by atoms with van der Waals surface area (Å²) in [7, 11) is 0. The molecular formula is C12H18ClNO2. The van der Waals surface area contributed by atoms with Crippen LogP contribution in [0.3, 0.4) is 0 Å². The minimum absolute atomic E-state index is 0.185. The van der Waals surface area contributed by atoms with Gasteiger partial charge in [-0.25, -0.2) is 0 Å². The van der Waals surface area contributed by atoms with Gasteiger partial charge >= 0.3 is 0 Å². The van der Waals surface area contributed by atoms with Gasteiger partial charge in [-0.3, -0.25) is 0 Å². The smallest absolute Gasteiger partial charge is 0.121 e. The highest BCUT2D eigenvalue weighted by Crippen LogP contribution is 2.24. The van der Waals surface area contributed by atoms with Gasteiger partial charge < -0.3 is 15.5 Å². The summed E-state index contributed by atoms with van der Waals surface area (Å²) in [5.41, 5.74) is 0.674. The molecule has 0 aliphatic heterocycles. The summed E-state index contributed by atoms with van der Waals surface area (Å²) in [5, 5.41) is 22.7. The number of aromatic hydroxyl groups is 1. The van der Waals surface area contributed by atoms with Crippen molar-refractivity contribution in [2.75, 3.05) is 6.54 Å². The van der Waals surface area contributed by atoms with Crippen LogP contribution in [0.1, 0.15) is 25.3 Å². The van der Waals surface area contributed by atoms with Crippen molar-refractivity contribution in [3.63, 3.8) is 0 Å². The summed E-state index contributed by atoms with van der Waals surface area (Å²) in [6, 6.07) is 5.04. The fourth-order valence-corrected chi connectivity index (χ4v) is 1.76. The Hall–Kier alpha value is -0.770. The highest BCUT2D eigenvalue weighted by Gasteiger charge is 2.07. The van der Waals surface area contributed by atoms with E-state index >= 15 is 0 Å². The van der Waals surface area contributed by atoms with E-state index in [0.717, 1.165) is 12.8 Å². The van der Waals surface area contributed by atoms with E-state index in [9.17, 15) is 10.2 Å². The van der Waals surface area contributed by atoms with Crippen LogP contribution in [0.4, 0.5) is 0 Å². The number of rotatable bonds is 6. The minimum Gasteiger partial charge on any atom is -0.508 e. The minimum atomic E-state index is -0.338. The molecule has 4 heteroatoms. The molecule has 0 heterocycles. The number of nitrogens with one attached hydrogen (secondary N) is 1. The number of halogens is 1. The summed E-state index contributed by atoms with van der Waals surface area (Å²) >= 11 is 5.94. The first kappa shape index (κ1) is 13.3. The number of aliphatic hydroxyl groups is 1. The lowest BCUT2D eigenvalue weighted by Crippen LogP contribution is -2.26. The molecule has 1 aromatic carbocycles. The average molecular weight is 244 g/mol. The second-order valence-electron chi connectivity index (χ2n) is 3.81. The predicted molar refractivity (Wildman–Crippen MR) is 65.7 cm³/mol. The van der Waals surface area contributed by atoms with Gasteiger partial charge in [0.15, 0.2) is 0 Å². The Kier molecular flexibility index (Phi) is 5.60. The first-order chi connectivity index (χ1) is 7.65. The van der Waals surface area contributed by atoms with Gasteiger partial charge in [0.05, 0.1) is 6.10 Å². The Balaban J connectivity index is 2.43. The highest BCUT2D eigenvalue weighted by molar-refractivity contribution is 6.31. The molecule has 90 valence electrons. The molecule has 1 rings (SSSR count). The third-order valence-corrected chi connectivity index (χ3v) is 2.75. The van der Waals surface area contributed by atoms with Gasteiger partial charge in [0, 0.05) is 23.7 Å². The lowest BCUT2D eigenvalue weighted by molar-refractivity contribution is 0.160. The maximum absolute atomic E-state index is 9.57. The van der Waals surface area contributed by atoms with Crippen LogP contribution in [0.5, 0.6) is 5.75 Å². The van der Waals surface area contributed by atoms with Gasteiger partial charge in [-0.05, 0) is 18.6 Å². The molecule has 0 amide bonds. The zero-order chi connectivity index (χ0) is 12.0. The SMILES string of the molecule is CCCC(O)CNCc1c(O)cccc1Cl. The molecule has 16 heavy (non-hydrogen) atoms. The van der Waals surface area contributed by atoms with Gasteiger partial charge in [-0.2, -0.15) is 0 Å². The number of aliphatic hydroxyl groups excluding tert-OH is 1. The van der Waals surface area contributed by atoms with Crippen molar-refractivity contribution < 1.29 is 10.2 Å². The number of phenolic OH excluding ortho intramolecular Hbond substituents is 1. The first-order valence-corrected chi connectivity index (χ1v) is 5.88. The van der Waals surface area contributed by atoms with Crippen molar-refractivity contribution in [1.29, 1.82) is 0 Å². The van der Waals surface area contributed by atoms with Gasteiger partial charge in [0.25, 0.3) is 0 Å². The third-order valence-electron chi connectivity index (χ3n) is 2.40. The monoisotopic (exact) mass is 243 g/mol. The van der Waals surface area contributed by atoms with E-state index in [0.29, 0.717) is 23.7 Å². The van der Waals surface area contributed by atoms with Crippen LogP contribution in [0, 0.1) is 0 Å². The fourth-order valence-electron chi connectivity index (χ4n) is 1.52. The molecule has 0 radical (unpaired) electrons. The maximum atomic E-state index is 9.57. The van der Waals surface area contributed by atoms with E-state index in [1.165, 1.54) is 0 Å². The van der Waals surface area contributed by atoms with Crippen LogP contribution in [0.15, 0.2) is 18.2 Å². The van der Waals surface area contributed by atoms with E-state index in [-0.39, 0.29) is 11.9 Å². The molecule has 1 aromatic rings. The average Bonchev–Trinajstić information content (AvgIpc) is 2.23. The molecule has 0 spiro atoms. The molecule has 1 unspecified atom stereocenters. The fraction of sp³-hybridized carbons (Fsp3) is 0.500. The Morgan fingerprint density at radius 2 is 2.19 bits per heavy atom. The largest absolute Gasteiger partial charge is 0.508 e. The van der Waals surface area contributed by atoms with Crippen LogP contribution >= 0.6 is 11.6 Å². The van der Waals surface area contributed by atoms with Crippen molar-refractivity contribution >= 4 is 11.6 Å². The predicted octanol–water partition coefficient (Wildman–Crippen LogP) is 2.30. The van der Waals surface area contributed by atoms with Crippen molar-refractivity contribution in [3.05, 3.63) is 28.8 Å². The molecule has 3 nitrogen and oxygen atoms in total. The summed E-state index contributed by atoms with van der Waals surface area (Å²) in [5.74, 6) is 0.185. The Morgan fingerprint density at radius 3 is 2.81 bits per heavy atom. The molecule has 0 saturated carbocycles. The summed E-state index contributed by atoms with van der Waals surface area (Å²) in [6.45, 7) is 3.01. The second-order valence-corrected chi connectivity index (χ2v) is 4.22. The molecule has 0 aliphatic carbocycles. The van der Waals surface area contributed by atoms with Crippen LogP contribution < -0.4 is 5.32 Å². The van der Waals surface area contributed by atoms with Crippen LogP contribution in [0.25, 0.3) is 0 Å². The van der Waals surface area contributed by atoms with E-state index in [4.69, 9.17) is 11.6 Å². The maximum Gasteiger partial charge on any atom is 0.121 e. The molecule has 1 atom stereocenters. The Bertz CT molecular complexity index is 311. The zero-order valence-electron chi connectivity index (χ0n) is 9.41. The highest BCUT2D eigenvalue weighted by atomic mass is 35.5. The normalized spacial score (nSPS) is 12.7. The van der Waals surface area contributed by atoms with Crippen molar-refractivity contribution in [2.45, 2.75) is 32.4 Å². The molecule has 0 aliphatic rings. The number of hydrogen-bond acceptors (Lipinski definition) is 3. The Morgan fingerprint density at radius 1 is 1.44 bits per heavy atom. The first-order valence-electron chi connectivity index (χ1n) is 5.50. The summed E-state index contributed by atoms with van der Waals surface area (Å²) in [6.07, 6.45) is 1.40. The molecule has 0 bridgehead atoms. The molecule has 0 fully saturated rings. The van der Waals surface area contributed by atoms with E-state index < -0.39 is 0 Å². The van der Waals surface area contributed by atoms with Crippen molar-refractivity contribution in [1.82, 2.24) is 5.32 Å². The lowest BCUT2D eigenvalue weighted by atomic mass is 10.2. The molecular weight excluding hydrogens is 226 g/mol. The second kappa shape index (κ2) is 6.74. The van der Waals surface area contributed by atoms with Gasteiger partial charge in [-0.15, -0.1) is 0 Å². The third kappa shape index (κ3) is 4.00. The van der Waals surface area contributed by atoms with Gasteiger partial charge in [0.1, 0.15) is 5.75 Å². The van der Waals surface area contributed by atoms with E-state index in [2.05, 4.69) is 5.32 Å². The molecule has 0 saturated heterocycles. The van der Waals surface area contributed by atoms with E-state index in [1.54, 1.807) is 18.2 Å². The van der Waals surface area contributed by atoms with Gasteiger partial charge in [-0.1, -0.05) is 31.0 Å². The molecule has 0 aromatic heterocycles. The number of hydrogen-bond donors (Lipinski definition) is 3. The Labute approximate surface area is 101 Å². The lowest BCUT2D eigenvalue weighted by Gasteiger charge is -2.12. The number of phenols is 1. The van der Waals surface area contributed by atoms with Crippen LogP contribution in [0.2, 0.25) is 5.02 Å². The van der Waals surface area contributed by atoms with Crippen LogP contribution in [-0.2, 0) is 6.54 Å². The quantitative estimate of drug-likeness (QED) is 0.719. The summed E-state index contributed by atoms with van der Waals surface area (Å²) < 4.78 is 0. The summed E-state index contributed by atoms with van der Waals surface area (Å²) in [4.78, 5) is 0. The van der Waals surface area contributed by atoms with Gasteiger partial charge in [0.2, 0.25) is 0 Å². The van der Waals surface area contributed by atoms with Crippen molar-refractivity contribution in [2.24, 2.45) is 0 Å². The topological polar surface area (TPSA) is 52.5 Å².